The molecule has 1 fully saturated rings. The first-order chi connectivity index (χ1) is 12.5. The fourth-order valence-corrected chi connectivity index (χ4v) is 3.19. The van der Waals surface area contributed by atoms with Crippen LogP contribution in [0.15, 0.2) is 48.2 Å². The lowest BCUT2D eigenvalue weighted by Crippen LogP contribution is -2.30. The molecule has 0 spiro atoms. The summed E-state index contributed by atoms with van der Waals surface area (Å²) in [5.74, 6) is 2.64. The fourth-order valence-electron chi connectivity index (χ4n) is 2.37. The number of hydrogen-bond acceptors (Lipinski definition) is 3. The SMILES string of the molecule is C#CCOc1ccc(/C=C2/NC(=O)N(c3ccc(Cl)cc3)C2=O)cc1I. The van der Waals surface area contributed by atoms with E-state index < -0.39 is 11.9 Å². The summed E-state index contributed by atoms with van der Waals surface area (Å²) >= 11 is 7.97. The van der Waals surface area contributed by atoms with Crippen LogP contribution in [0.4, 0.5) is 10.5 Å². The molecule has 5 nitrogen and oxygen atoms in total. The molecule has 1 aliphatic heterocycles. The Morgan fingerprint density at radius 3 is 2.62 bits per heavy atom. The molecule has 2 aromatic carbocycles. The van der Waals surface area contributed by atoms with Crippen LogP contribution in [0.5, 0.6) is 5.75 Å². The van der Waals surface area contributed by atoms with Gasteiger partial charge in [0.15, 0.2) is 0 Å². The maximum Gasteiger partial charge on any atom is 0.333 e. The largest absolute Gasteiger partial charge is 0.480 e. The lowest BCUT2D eigenvalue weighted by Gasteiger charge is -2.11. The first-order valence-electron chi connectivity index (χ1n) is 7.48. The third-order valence-electron chi connectivity index (χ3n) is 3.54. The summed E-state index contributed by atoms with van der Waals surface area (Å²) in [7, 11) is 0. The van der Waals surface area contributed by atoms with Crippen LogP contribution in [0.3, 0.4) is 0 Å². The number of terminal acetylenes is 1. The molecule has 1 aliphatic rings. The minimum Gasteiger partial charge on any atom is -0.480 e. The molecular weight excluding hydrogens is 467 g/mol. The van der Waals surface area contributed by atoms with Crippen LogP contribution in [0.1, 0.15) is 5.56 Å². The molecule has 130 valence electrons. The van der Waals surface area contributed by atoms with Crippen molar-refractivity contribution in [1.82, 2.24) is 5.32 Å². The van der Waals surface area contributed by atoms with E-state index in [0.717, 1.165) is 14.0 Å². The molecule has 0 bridgehead atoms. The Morgan fingerprint density at radius 2 is 1.96 bits per heavy atom. The standard InChI is InChI=1S/C19H12ClIN2O3/c1-2-9-26-17-8-3-12(10-15(17)21)11-16-18(24)23(19(25)22-16)14-6-4-13(20)5-7-14/h1,3-8,10-11H,9H2,(H,22,25)/b16-11+. The van der Waals surface area contributed by atoms with Gasteiger partial charge in [-0.05, 0) is 70.6 Å². The molecule has 1 saturated heterocycles. The van der Waals surface area contributed by atoms with Gasteiger partial charge in [0.1, 0.15) is 18.1 Å². The Kier molecular flexibility index (Phi) is 5.49. The third-order valence-corrected chi connectivity index (χ3v) is 4.64. The maximum atomic E-state index is 12.6. The second-order valence-corrected chi connectivity index (χ2v) is 6.89. The highest BCUT2D eigenvalue weighted by molar-refractivity contribution is 14.1. The highest BCUT2D eigenvalue weighted by atomic mass is 127. The molecule has 3 rings (SSSR count). The Labute approximate surface area is 169 Å². The van der Waals surface area contributed by atoms with Crippen molar-refractivity contribution < 1.29 is 14.3 Å². The van der Waals surface area contributed by atoms with E-state index in [0.29, 0.717) is 16.5 Å². The predicted molar refractivity (Wildman–Crippen MR) is 109 cm³/mol. The Morgan fingerprint density at radius 1 is 1.23 bits per heavy atom. The molecule has 1 heterocycles. The van der Waals surface area contributed by atoms with E-state index in [9.17, 15) is 9.59 Å². The van der Waals surface area contributed by atoms with Crippen molar-refractivity contribution in [2.45, 2.75) is 0 Å². The summed E-state index contributed by atoms with van der Waals surface area (Å²) in [6, 6.07) is 11.4. The Hall–Kier alpha value is -2.50. The minimum absolute atomic E-state index is 0.182. The van der Waals surface area contributed by atoms with Gasteiger partial charge in [0.2, 0.25) is 0 Å². The Balaban J connectivity index is 1.85. The number of imide groups is 1. The number of urea groups is 1. The number of ether oxygens (including phenoxy) is 1. The number of benzene rings is 2. The van der Waals surface area contributed by atoms with Crippen molar-refractivity contribution in [2.75, 3.05) is 11.5 Å². The molecule has 0 aromatic heterocycles. The van der Waals surface area contributed by atoms with E-state index in [2.05, 4.69) is 33.8 Å². The molecule has 3 amide bonds. The summed E-state index contributed by atoms with van der Waals surface area (Å²) in [5, 5.41) is 3.12. The monoisotopic (exact) mass is 478 g/mol. The molecule has 0 unspecified atom stereocenters. The lowest BCUT2D eigenvalue weighted by molar-refractivity contribution is -0.113. The van der Waals surface area contributed by atoms with Gasteiger partial charge in [-0.15, -0.1) is 6.42 Å². The number of carbonyl (C=O) groups excluding carboxylic acids is 2. The molecule has 0 atom stereocenters. The predicted octanol–water partition coefficient (Wildman–Crippen LogP) is 4.05. The fraction of sp³-hybridized carbons (Fsp3) is 0.0526. The second-order valence-electron chi connectivity index (χ2n) is 5.29. The number of halogens is 2. The molecule has 0 saturated carbocycles. The van der Waals surface area contributed by atoms with Crippen molar-refractivity contribution in [3.05, 3.63) is 62.3 Å². The molecule has 2 aromatic rings. The average molecular weight is 479 g/mol. The zero-order valence-electron chi connectivity index (χ0n) is 13.3. The smallest absolute Gasteiger partial charge is 0.333 e. The van der Waals surface area contributed by atoms with Gasteiger partial charge in [-0.25, -0.2) is 9.69 Å². The van der Waals surface area contributed by atoms with Crippen LogP contribution < -0.4 is 15.0 Å². The van der Waals surface area contributed by atoms with Crippen LogP contribution >= 0.6 is 34.2 Å². The van der Waals surface area contributed by atoms with E-state index in [1.54, 1.807) is 42.5 Å². The van der Waals surface area contributed by atoms with E-state index in [1.807, 2.05) is 6.07 Å². The molecule has 0 aliphatic carbocycles. The summed E-state index contributed by atoms with van der Waals surface area (Å²) in [6.07, 6.45) is 6.80. The van der Waals surface area contributed by atoms with E-state index >= 15 is 0 Å². The number of rotatable bonds is 4. The number of hydrogen-bond donors (Lipinski definition) is 1. The van der Waals surface area contributed by atoms with Crippen molar-refractivity contribution in [3.63, 3.8) is 0 Å². The first-order valence-corrected chi connectivity index (χ1v) is 8.94. The second kappa shape index (κ2) is 7.81. The molecule has 26 heavy (non-hydrogen) atoms. The lowest BCUT2D eigenvalue weighted by atomic mass is 10.2. The summed E-state index contributed by atoms with van der Waals surface area (Å²) in [6.45, 7) is 0.182. The number of nitrogens with one attached hydrogen (secondary N) is 1. The Bertz CT molecular complexity index is 948. The summed E-state index contributed by atoms with van der Waals surface area (Å²) in [5.41, 5.74) is 1.40. The number of amides is 3. The van der Waals surface area contributed by atoms with Crippen molar-refractivity contribution in [3.8, 4) is 18.1 Å². The van der Waals surface area contributed by atoms with Crippen LogP contribution in [0.25, 0.3) is 6.08 Å². The van der Waals surface area contributed by atoms with E-state index in [1.165, 1.54) is 0 Å². The van der Waals surface area contributed by atoms with E-state index in [-0.39, 0.29) is 12.3 Å². The molecule has 1 N–H and O–H groups in total. The van der Waals surface area contributed by atoms with Gasteiger partial charge in [-0.2, -0.15) is 0 Å². The van der Waals surface area contributed by atoms with Crippen LogP contribution in [0, 0.1) is 15.9 Å². The molecular formula is C19H12ClIN2O3. The minimum atomic E-state index is -0.507. The topological polar surface area (TPSA) is 58.6 Å². The van der Waals surface area contributed by atoms with E-state index in [4.69, 9.17) is 22.8 Å². The zero-order chi connectivity index (χ0) is 18.7. The highest BCUT2D eigenvalue weighted by Crippen LogP contribution is 2.26. The van der Waals surface area contributed by atoms with Crippen molar-refractivity contribution in [1.29, 1.82) is 0 Å². The summed E-state index contributed by atoms with van der Waals surface area (Å²) in [4.78, 5) is 25.8. The normalized spacial score (nSPS) is 15.1. The van der Waals surface area contributed by atoms with Gasteiger partial charge < -0.3 is 10.1 Å². The zero-order valence-corrected chi connectivity index (χ0v) is 16.2. The summed E-state index contributed by atoms with van der Waals surface area (Å²) < 4.78 is 6.26. The van der Waals surface area contributed by atoms with Gasteiger partial charge in [0, 0.05) is 5.02 Å². The molecule has 7 heteroatoms. The van der Waals surface area contributed by atoms with Gasteiger partial charge in [-0.1, -0.05) is 23.6 Å². The van der Waals surface area contributed by atoms with Crippen molar-refractivity contribution >= 4 is 57.9 Å². The van der Waals surface area contributed by atoms with Crippen LogP contribution in [-0.2, 0) is 4.79 Å². The van der Waals surface area contributed by atoms with Crippen molar-refractivity contribution in [2.24, 2.45) is 0 Å². The highest BCUT2D eigenvalue weighted by Gasteiger charge is 2.34. The first kappa shape index (κ1) is 18.3. The van der Waals surface area contributed by atoms with Gasteiger partial charge in [0.25, 0.3) is 5.91 Å². The quantitative estimate of drug-likeness (QED) is 0.312. The third kappa shape index (κ3) is 3.84. The average Bonchev–Trinajstić information content (AvgIpc) is 2.89. The molecule has 0 radical (unpaired) electrons. The van der Waals surface area contributed by atoms with Gasteiger partial charge in [0.05, 0.1) is 9.26 Å². The number of carbonyl (C=O) groups is 2. The number of nitrogens with zero attached hydrogens (tertiary/aromatic N) is 1. The van der Waals surface area contributed by atoms with Crippen LogP contribution in [0.2, 0.25) is 5.02 Å². The maximum absolute atomic E-state index is 12.6. The number of anilines is 1. The van der Waals surface area contributed by atoms with Gasteiger partial charge in [-0.3, -0.25) is 4.79 Å². The van der Waals surface area contributed by atoms with Crippen LogP contribution in [-0.4, -0.2) is 18.5 Å². The van der Waals surface area contributed by atoms with Gasteiger partial charge >= 0.3 is 6.03 Å².